The largest absolute Gasteiger partial charge is 0.353 e. The minimum atomic E-state index is -0.0251. The summed E-state index contributed by atoms with van der Waals surface area (Å²) in [6, 6.07) is 0.223. The predicted octanol–water partition coefficient (Wildman–Crippen LogP) is 0.452. The Morgan fingerprint density at radius 3 is 3.11 bits per heavy atom. The topological polar surface area (TPSA) is 67.2 Å². The Labute approximate surface area is 105 Å². The molecule has 96 valence electrons. The summed E-state index contributed by atoms with van der Waals surface area (Å²) in [6.45, 7) is 1.42. The summed E-state index contributed by atoms with van der Waals surface area (Å²) >= 11 is 0. The van der Waals surface area contributed by atoms with E-state index in [0.717, 1.165) is 19.4 Å². The molecule has 0 bridgehead atoms. The highest BCUT2D eigenvalue weighted by Gasteiger charge is 2.35. The van der Waals surface area contributed by atoms with E-state index in [2.05, 4.69) is 10.3 Å². The first-order valence-corrected chi connectivity index (χ1v) is 6.30. The molecule has 2 amide bonds. The Morgan fingerprint density at radius 1 is 1.44 bits per heavy atom. The van der Waals surface area contributed by atoms with E-state index in [-0.39, 0.29) is 18.0 Å². The molecule has 2 fully saturated rings. The van der Waals surface area contributed by atoms with Gasteiger partial charge in [0.1, 0.15) is 6.33 Å². The number of aromatic nitrogens is 2. The maximum atomic E-state index is 12.2. The zero-order valence-electron chi connectivity index (χ0n) is 10.1. The highest BCUT2D eigenvalue weighted by atomic mass is 16.2. The van der Waals surface area contributed by atoms with Crippen molar-refractivity contribution in [3.05, 3.63) is 18.7 Å². The van der Waals surface area contributed by atoms with Crippen LogP contribution >= 0.6 is 0 Å². The monoisotopic (exact) mass is 248 g/mol. The van der Waals surface area contributed by atoms with Crippen molar-refractivity contribution in [3.8, 4) is 0 Å². The van der Waals surface area contributed by atoms with Crippen molar-refractivity contribution in [1.82, 2.24) is 19.8 Å². The number of hydrogen-bond acceptors (Lipinski definition) is 3. The highest BCUT2D eigenvalue weighted by molar-refractivity contribution is 5.78. The Bertz CT molecular complexity index is 457. The molecule has 0 aliphatic carbocycles. The standard InChI is InChI=1S/C12H16N4O2/c17-11-2-1-9-7-15(5-3-10(9)14-11)12(18)16-6-4-13-8-16/h4,6,8-10H,1-3,5,7H2,(H,14,17). The first kappa shape index (κ1) is 11.3. The van der Waals surface area contributed by atoms with Gasteiger partial charge in [0.2, 0.25) is 5.91 Å². The van der Waals surface area contributed by atoms with E-state index in [1.54, 1.807) is 12.4 Å². The number of piperidine rings is 2. The zero-order chi connectivity index (χ0) is 12.5. The lowest BCUT2D eigenvalue weighted by Crippen LogP contribution is -2.55. The first-order valence-electron chi connectivity index (χ1n) is 6.30. The van der Waals surface area contributed by atoms with Gasteiger partial charge in [-0.3, -0.25) is 9.36 Å². The van der Waals surface area contributed by atoms with Gasteiger partial charge in [0, 0.05) is 37.9 Å². The summed E-state index contributed by atoms with van der Waals surface area (Å²) in [6.07, 6.45) is 7.09. The smallest absolute Gasteiger partial charge is 0.329 e. The number of fused-ring (bicyclic) bond motifs is 1. The second-order valence-electron chi connectivity index (χ2n) is 4.96. The normalized spacial score (nSPS) is 27.6. The van der Waals surface area contributed by atoms with Crippen LogP contribution in [0.2, 0.25) is 0 Å². The molecule has 1 aromatic rings. The van der Waals surface area contributed by atoms with Gasteiger partial charge in [-0.15, -0.1) is 0 Å². The number of likely N-dealkylation sites (tertiary alicyclic amines) is 1. The van der Waals surface area contributed by atoms with E-state index < -0.39 is 0 Å². The molecule has 3 heterocycles. The van der Waals surface area contributed by atoms with Crippen molar-refractivity contribution in [2.45, 2.75) is 25.3 Å². The third-order valence-corrected chi connectivity index (χ3v) is 3.82. The molecule has 1 N–H and O–H groups in total. The van der Waals surface area contributed by atoms with Crippen molar-refractivity contribution < 1.29 is 9.59 Å². The van der Waals surface area contributed by atoms with Gasteiger partial charge in [-0.1, -0.05) is 0 Å². The Balaban J connectivity index is 1.67. The van der Waals surface area contributed by atoms with Crippen LogP contribution < -0.4 is 5.32 Å². The average molecular weight is 248 g/mol. The number of nitrogens with zero attached hydrogens (tertiary/aromatic N) is 3. The van der Waals surface area contributed by atoms with E-state index in [9.17, 15) is 9.59 Å². The highest BCUT2D eigenvalue weighted by Crippen LogP contribution is 2.25. The molecule has 18 heavy (non-hydrogen) atoms. The minimum absolute atomic E-state index is 0.0251. The minimum Gasteiger partial charge on any atom is -0.353 e. The molecule has 0 spiro atoms. The van der Waals surface area contributed by atoms with Gasteiger partial charge in [-0.25, -0.2) is 9.78 Å². The van der Waals surface area contributed by atoms with Gasteiger partial charge in [0.05, 0.1) is 0 Å². The Kier molecular flexibility index (Phi) is 2.77. The molecule has 0 radical (unpaired) electrons. The van der Waals surface area contributed by atoms with Gasteiger partial charge in [0.15, 0.2) is 0 Å². The van der Waals surface area contributed by atoms with Crippen LogP contribution in [0.4, 0.5) is 4.79 Å². The third kappa shape index (κ3) is 1.98. The van der Waals surface area contributed by atoms with E-state index in [1.807, 2.05) is 4.90 Å². The lowest BCUT2D eigenvalue weighted by molar-refractivity contribution is -0.125. The maximum Gasteiger partial charge on any atom is 0.329 e. The summed E-state index contributed by atoms with van der Waals surface area (Å²) < 4.78 is 1.50. The van der Waals surface area contributed by atoms with Crippen molar-refractivity contribution in [1.29, 1.82) is 0 Å². The quantitative estimate of drug-likeness (QED) is 0.725. The summed E-state index contributed by atoms with van der Waals surface area (Å²) in [7, 11) is 0. The van der Waals surface area contributed by atoms with E-state index in [0.29, 0.717) is 18.9 Å². The SMILES string of the molecule is O=C1CCC2CN(C(=O)n3ccnc3)CCC2N1. The molecular formula is C12H16N4O2. The van der Waals surface area contributed by atoms with Crippen molar-refractivity contribution in [2.24, 2.45) is 5.92 Å². The van der Waals surface area contributed by atoms with Crippen molar-refractivity contribution in [3.63, 3.8) is 0 Å². The molecule has 3 rings (SSSR count). The van der Waals surface area contributed by atoms with Crippen LogP contribution in [0.5, 0.6) is 0 Å². The van der Waals surface area contributed by atoms with Crippen molar-refractivity contribution in [2.75, 3.05) is 13.1 Å². The van der Waals surface area contributed by atoms with Gasteiger partial charge in [-0.05, 0) is 18.8 Å². The Hall–Kier alpha value is -1.85. The van der Waals surface area contributed by atoms with Gasteiger partial charge in [-0.2, -0.15) is 0 Å². The molecule has 1 aromatic heterocycles. The van der Waals surface area contributed by atoms with E-state index >= 15 is 0 Å². The zero-order valence-corrected chi connectivity index (χ0v) is 10.1. The summed E-state index contributed by atoms with van der Waals surface area (Å²) in [4.78, 5) is 29.2. The molecule has 6 nitrogen and oxygen atoms in total. The lowest BCUT2D eigenvalue weighted by atomic mass is 9.85. The fourth-order valence-corrected chi connectivity index (χ4v) is 2.82. The average Bonchev–Trinajstić information content (AvgIpc) is 2.91. The molecule has 0 saturated carbocycles. The molecule has 2 aliphatic heterocycles. The first-order chi connectivity index (χ1) is 8.74. The van der Waals surface area contributed by atoms with Crippen LogP contribution in [0.3, 0.4) is 0 Å². The Morgan fingerprint density at radius 2 is 2.33 bits per heavy atom. The van der Waals surface area contributed by atoms with Crippen LogP contribution in [0, 0.1) is 5.92 Å². The number of carbonyl (C=O) groups is 2. The number of hydrogen-bond donors (Lipinski definition) is 1. The molecule has 6 heteroatoms. The van der Waals surface area contributed by atoms with Crippen LogP contribution in [-0.4, -0.2) is 45.5 Å². The summed E-state index contributed by atoms with van der Waals surface area (Å²) in [5.74, 6) is 0.537. The number of nitrogens with one attached hydrogen (secondary N) is 1. The fraction of sp³-hybridized carbons (Fsp3) is 0.583. The number of rotatable bonds is 0. The molecule has 2 aliphatic rings. The van der Waals surface area contributed by atoms with Crippen molar-refractivity contribution >= 4 is 11.9 Å². The molecular weight excluding hydrogens is 232 g/mol. The van der Waals surface area contributed by atoms with Crippen LogP contribution in [0.25, 0.3) is 0 Å². The van der Waals surface area contributed by atoms with Gasteiger partial charge < -0.3 is 10.2 Å². The van der Waals surface area contributed by atoms with Gasteiger partial charge >= 0.3 is 6.03 Å². The van der Waals surface area contributed by atoms with E-state index in [1.165, 1.54) is 10.9 Å². The van der Waals surface area contributed by atoms with Crippen LogP contribution in [-0.2, 0) is 4.79 Å². The predicted molar refractivity (Wildman–Crippen MR) is 63.9 cm³/mol. The fourth-order valence-electron chi connectivity index (χ4n) is 2.82. The lowest BCUT2D eigenvalue weighted by Gasteiger charge is -2.41. The van der Waals surface area contributed by atoms with Crippen LogP contribution in [0.1, 0.15) is 19.3 Å². The third-order valence-electron chi connectivity index (χ3n) is 3.82. The summed E-state index contributed by atoms with van der Waals surface area (Å²) in [5, 5.41) is 3.02. The van der Waals surface area contributed by atoms with Crippen LogP contribution in [0.15, 0.2) is 18.7 Å². The number of carbonyl (C=O) groups excluding carboxylic acids is 2. The molecule has 2 unspecified atom stereocenters. The number of amides is 2. The molecule has 0 aromatic carbocycles. The van der Waals surface area contributed by atoms with Gasteiger partial charge in [0.25, 0.3) is 0 Å². The summed E-state index contributed by atoms with van der Waals surface area (Å²) in [5.41, 5.74) is 0. The van der Waals surface area contributed by atoms with E-state index in [4.69, 9.17) is 0 Å². The second-order valence-corrected chi connectivity index (χ2v) is 4.96. The number of imidazole rings is 1. The maximum absolute atomic E-state index is 12.2. The molecule has 2 atom stereocenters. The second kappa shape index (κ2) is 4.44. The molecule has 2 saturated heterocycles.